The molecule has 0 aliphatic carbocycles. The summed E-state index contributed by atoms with van der Waals surface area (Å²) in [5.41, 5.74) is 2.39. The van der Waals surface area contributed by atoms with Crippen molar-refractivity contribution in [1.82, 2.24) is 20.4 Å². The number of nitrogens with zero attached hydrogens (tertiary/aromatic N) is 2. The molecule has 0 fully saturated rings. The van der Waals surface area contributed by atoms with E-state index in [0.717, 1.165) is 19.5 Å². The molecule has 0 aliphatic heterocycles. The molecule has 0 aliphatic rings. The molecule has 0 spiro atoms. The molecule has 0 saturated heterocycles. The van der Waals surface area contributed by atoms with E-state index in [-0.39, 0.29) is 5.91 Å². The molecule has 1 heterocycles. The summed E-state index contributed by atoms with van der Waals surface area (Å²) in [6.45, 7) is 3.71. The van der Waals surface area contributed by atoms with E-state index in [1.165, 1.54) is 11.3 Å². The van der Waals surface area contributed by atoms with E-state index in [2.05, 4.69) is 22.7 Å². The zero-order valence-electron chi connectivity index (χ0n) is 10.2. The Bertz CT molecular complexity index is 346. The first-order valence-electron chi connectivity index (χ1n) is 5.54. The SMILES string of the molecule is CNC(=O)CCCNCc1cnn(C)c1C. The molecule has 2 N–H and O–H groups in total. The van der Waals surface area contributed by atoms with Gasteiger partial charge in [-0.1, -0.05) is 0 Å². The summed E-state index contributed by atoms with van der Waals surface area (Å²) in [7, 11) is 3.60. The van der Waals surface area contributed by atoms with E-state index in [1.54, 1.807) is 7.05 Å². The van der Waals surface area contributed by atoms with Crippen LogP contribution in [0.1, 0.15) is 24.1 Å². The molecule has 0 saturated carbocycles. The third-order valence-corrected chi connectivity index (χ3v) is 2.69. The average Bonchev–Trinajstić information content (AvgIpc) is 2.60. The molecule has 0 radical (unpaired) electrons. The lowest BCUT2D eigenvalue weighted by molar-refractivity contribution is -0.120. The highest BCUT2D eigenvalue weighted by Gasteiger charge is 2.02. The Morgan fingerprint density at radius 2 is 2.31 bits per heavy atom. The number of rotatable bonds is 6. The van der Waals surface area contributed by atoms with Crippen LogP contribution in [0.15, 0.2) is 6.20 Å². The molecule has 0 bridgehead atoms. The van der Waals surface area contributed by atoms with Gasteiger partial charge in [-0.05, 0) is 19.9 Å². The normalized spacial score (nSPS) is 10.4. The first kappa shape index (κ1) is 12.7. The lowest BCUT2D eigenvalue weighted by Crippen LogP contribution is -2.21. The maximum absolute atomic E-state index is 11.0. The second kappa shape index (κ2) is 6.27. The van der Waals surface area contributed by atoms with Gasteiger partial charge in [-0.15, -0.1) is 0 Å². The van der Waals surface area contributed by atoms with Crippen molar-refractivity contribution < 1.29 is 4.79 Å². The Morgan fingerprint density at radius 3 is 2.88 bits per heavy atom. The Labute approximate surface area is 96.2 Å². The Morgan fingerprint density at radius 1 is 1.56 bits per heavy atom. The summed E-state index contributed by atoms with van der Waals surface area (Å²) in [5.74, 6) is 0.0966. The van der Waals surface area contributed by atoms with Gasteiger partial charge in [0, 0.05) is 38.3 Å². The monoisotopic (exact) mass is 224 g/mol. The minimum absolute atomic E-state index is 0.0966. The van der Waals surface area contributed by atoms with E-state index in [0.29, 0.717) is 6.42 Å². The molecule has 0 atom stereocenters. The minimum atomic E-state index is 0.0966. The fourth-order valence-corrected chi connectivity index (χ4v) is 1.44. The van der Waals surface area contributed by atoms with Gasteiger partial charge in [0.15, 0.2) is 0 Å². The predicted molar refractivity (Wildman–Crippen MR) is 63.0 cm³/mol. The summed E-state index contributed by atoms with van der Waals surface area (Å²) in [6.07, 6.45) is 3.32. The first-order chi connectivity index (χ1) is 7.65. The minimum Gasteiger partial charge on any atom is -0.359 e. The summed E-state index contributed by atoms with van der Waals surface area (Å²) in [6, 6.07) is 0. The Balaban J connectivity index is 2.16. The van der Waals surface area contributed by atoms with Gasteiger partial charge in [-0.2, -0.15) is 5.10 Å². The number of carbonyl (C=O) groups is 1. The molecule has 5 heteroatoms. The first-order valence-corrected chi connectivity index (χ1v) is 5.54. The Hall–Kier alpha value is -1.36. The number of hydrogen-bond donors (Lipinski definition) is 2. The van der Waals surface area contributed by atoms with Gasteiger partial charge in [0.05, 0.1) is 6.20 Å². The zero-order valence-corrected chi connectivity index (χ0v) is 10.2. The molecule has 16 heavy (non-hydrogen) atoms. The van der Waals surface area contributed by atoms with Gasteiger partial charge in [0.25, 0.3) is 0 Å². The van der Waals surface area contributed by atoms with Crippen molar-refractivity contribution in [2.24, 2.45) is 7.05 Å². The molecular formula is C11H20N4O. The summed E-state index contributed by atoms with van der Waals surface area (Å²) >= 11 is 0. The summed E-state index contributed by atoms with van der Waals surface area (Å²) < 4.78 is 1.86. The standard InChI is InChI=1S/C11H20N4O/c1-9-10(8-14-15(9)3)7-13-6-4-5-11(16)12-2/h8,13H,4-7H2,1-3H3,(H,12,16). The van der Waals surface area contributed by atoms with Gasteiger partial charge in [0.1, 0.15) is 0 Å². The van der Waals surface area contributed by atoms with Crippen LogP contribution in [0.2, 0.25) is 0 Å². The lowest BCUT2D eigenvalue weighted by atomic mass is 10.2. The Kier molecular flexibility index (Phi) is 4.98. The van der Waals surface area contributed by atoms with Crippen molar-refractivity contribution >= 4 is 5.91 Å². The largest absolute Gasteiger partial charge is 0.359 e. The van der Waals surface area contributed by atoms with Crippen LogP contribution >= 0.6 is 0 Å². The molecule has 0 aromatic carbocycles. The van der Waals surface area contributed by atoms with Crippen molar-refractivity contribution in [2.45, 2.75) is 26.3 Å². The van der Waals surface area contributed by atoms with Gasteiger partial charge in [-0.3, -0.25) is 9.48 Å². The van der Waals surface area contributed by atoms with Crippen LogP contribution < -0.4 is 10.6 Å². The number of amides is 1. The van der Waals surface area contributed by atoms with Gasteiger partial charge < -0.3 is 10.6 Å². The smallest absolute Gasteiger partial charge is 0.219 e. The van der Waals surface area contributed by atoms with E-state index in [9.17, 15) is 4.79 Å². The quantitative estimate of drug-likeness (QED) is 0.685. The summed E-state index contributed by atoms with van der Waals surface area (Å²) in [4.78, 5) is 11.0. The maximum atomic E-state index is 11.0. The fraction of sp³-hybridized carbons (Fsp3) is 0.636. The molecule has 1 amide bonds. The number of nitrogens with one attached hydrogen (secondary N) is 2. The van der Waals surface area contributed by atoms with Crippen LogP contribution in [-0.4, -0.2) is 29.3 Å². The lowest BCUT2D eigenvalue weighted by Gasteiger charge is -2.04. The van der Waals surface area contributed by atoms with E-state index >= 15 is 0 Å². The number of carbonyl (C=O) groups excluding carboxylic acids is 1. The van der Waals surface area contributed by atoms with Crippen molar-refractivity contribution in [3.05, 3.63) is 17.5 Å². The van der Waals surface area contributed by atoms with Crippen LogP contribution in [0.25, 0.3) is 0 Å². The number of aromatic nitrogens is 2. The topological polar surface area (TPSA) is 59.0 Å². The molecular weight excluding hydrogens is 204 g/mol. The fourth-order valence-electron chi connectivity index (χ4n) is 1.44. The second-order valence-electron chi connectivity index (χ2n) is 3.83. The van der Waals surface area contributed by atoms with Gasteiger partial charge in [0.2, 0.25) is 5.91 Å². The van der Waals surface area contributed by atoms with Crippen LogP contribution in [0.3, 0.4) is 0 Å². The summed E-state index contributed by atoms with van der Waals surface area (Å²) in [5, 5.41) is 10.1. The number of aryl methyl sites for hydroxylation is 1. The molecule has 0 unspecified atom stereocenters. The van der Waals surface area contributed by atoms with E-state index < -0.39 is 0 Å². The average molecular weight is 224 g/mol. The van der Waals surface area contributed by atoms with Gasteiger partial charge in [-0.25, -0.2) is 0 Å². The van der Waals surface area contributed by atoms with E-state index in [1.807, 2.05) is 17.9 Å². The van der Waals surface area contributed by atoms with Crippen molar-refractivity contribution in [2.75, 3.05) is 13.6 Å². The molecule has 1 aromatic rings. The maximum Gasteiger partial charge on any atom is 0.219 e. The third-order valence-electron chi connectivity index (χ3n) is 2.69. The molecule has 90 valence electrons. The highest BCUT2D eigenvalue weighted by Crippen LogP contribution is 2.04. The van der Waals surface area contributed by atoms with Crippen LogP contribution in [0, 0.1) is 6.92 Å². The van der Waals surface area contributed by atoms with E-state index in [4.69, 9.17) is 0 Å². The van der Waals surface area contributed by atoms with Crippen molar-refractivity contribution in [3.8, 4) is 0 Å². The molecule has 1 aromatic heterocycles. The van der Waals surface area contributed by atoms with Gasteiger partial charge >= 0.3 is 0 Å². The number of hydrogen-bond acceptors (Lipinski definition) is 3. The molecule has 1 rings (SSSR count). The van der Waals surface area contributed by atoms with Crippen LogP contribution in [0.5, 0.6) is 0 Å². The van der Waals surface area contributed by atoms with Crippen molar-refractivity contribution in [3.63, 3.8) is 0 Å². The van der Waals surface area contributed by atoms with Crippen LogP contribution in [-0.2, 0) is 18.4 Å². The highest BCUT2D eigenvalue weighted by molar-refractivity contribution is 5.75. The highest BCUT2D eigenvalue weighted by atomic mass is 16.1. The van der Waals surface area contributed by atoms with Crippen LogP contribution in [0.4, 0.5) is 0 Å². The third kappa shape index (κ3) is 3.66. The zero-order chi connectivity index (χ0) is 12.0. The van der Waals surface area contributed by atoms with Crippen molar-refractivity contribution in [1.29, 1.82) is 0 Å². The second-order valence-corrected chi connectivity index (χ2v) is 3.83. The predicted octanol–water partition coefficient (Wildman–Crippen LogP) is 0.344. The molecule has 5 nitrogen and oxygen atoms in total.